The average molecular weight is 390 g/mol. The fourth-order valence-corrected chi connectivity index (χ4v) is 4.20. The maximum absolute atomic E-state index is 5.38. The van der Waals surface area contributed by atoms with Gasteiger partial charge in [0.15, 0.2) is 10.3 Å². The molecule has 1 aliphatic rings. The van der Waals surface area contributed by atoms with Gasteiger partial charge in [-0.3, -0.25) is 0 Å². The third kappa shape index (κ3) is 4.98. The van der Waals surface area contributed by atoms with E-state index in [9.17, 15) is 0 Å². The van der Waals surface area contributed by atoms with Gasteiger partial charge in [-0.05, 0) is 56.8 Å². The highest BCUT2D eigenvalue weighted by Gasteiger charge is 2.23. The minimum absolute atomic E-state index is 0.583. The summed E-state index contributed by atoms with van der Waals surface area (Å²) in [6.07, 6.45) is 9.12. The molecule has 26 heavy (non-hydrogen) atoms. The molecule has 0 aliphatic heterocycles. The molecule has 0 amide bonds. The van der Waals surface area contributed by atoms with Crippen molar-refractivity contribution in [1.82, 2.24) is 20.1 Å². The monoisotopic (exact) mass is 389 g/mol. The van der Waals surface area contributed by atoms with E-state index in [1.165, 1.54) is 31.2 Å². The summed E-state index contributed by atoms with van der Waals surface area (Å²) in [7, 11) is 0. The van der Waals surface area contributed by atoms with Crippen LogP contribution in [0.5, 0.6) is 0 Å². The van der Waals surface area contributed by atoms with Gasteiger partial charge in [0, 0.05) is 24.7 Å². The lowest BCUT2D eigenvalue weighted by molar-refractivity contribution is 0.460. The van der Waals surface area contributed by atoms with Crippen LogP contribution in [0.25, 0.3) is 0 Å². The number of aromatic nitrogens is 3. The first-order chi connectivity index (χ1) is 12.7. The van der Waals surface area contributed by atoms with Gasteiger partial charge in [-0.1, -0.05) is 42.3 Å². The van der Waals surface area contributed by atoms with Crippen LogP contribution in [-0.2, 0) is 6.42 Å². The van der Waals surface area contributed by atoms with Crippen LogP contribution < -0.4 is 10.6 Å². The van der Waals surface area contributed by atoms with Crippen molar-refractivity contribution < 1.29 is 0 Å². The Morgan fingerprint density at radius 3 is 2.65 bits per heavy atom. The second-order valence-electron chi connectivity index (χ2n) is 6.76. The molecule has 1 heterocycles. The van der Waals surface area contributed by atoms with Crippen molar-refractivity contribution in [2.45, 2.75) is 56.6 Å². The van der Waals surface area contributed by atoms with Gasteiger partial charge in [0.05, 0.1) is 0 Å². The molecule has 1 saturated carbocycles. The molecule has 1 aromatic carbocycles. The Morgan fingerprint density at radius 2 is 1.96 bits per heavy atom. The molecule has 1 aliphatic carbocycles. The van der Waals surface area contributed by atoms with E-state index >= 15 is 0 Å². The molecule has 2 aromatic rings. The first-order valence-electron chi connectivity index (χ1n) is 9.26. The molecule has 3 rings (SSSR count). The number of benzene rings is 1. The molecule has 5 nitrogen and oxygen atoms in total. The molecular weight excluding hydrogens is 362 g/mol. The predicted molar refractivity (Wildman–Crippen MR) is 113 cm³/mol. The summed E-state index contributed by atoms with van der Waals surface area (Å²) in [5, 5.41) is 17.0. The minimum Gasteiger partial charge on any atom is -0.362 e. The normalized spacial score (nSPS) is 14.5. The lowest BCUT2D eigenvalue weighted by Crippen LogP contribution is -2.29. The summed E-state index contributed by atoms with van der Waals surface area (Å²) in [6, 6.07) is 8.81. The summed E-state index contributed by atoms with van der Waals surface area (Å²) < 4.78 is 2.38. The summed E-state index contributed by atoms with van der Waals surface area (Å²) in [6.45, 7) is 2.90. The van der Waals surface area contributed by atoms with Crippen LogP contribution in [-0.4, -0.2) is 32.7 Å². The van der Waals surface area contributed by atoms with E-state index in [4.69, 9.17) is 12.2 Å². The largest absolute Gasteiger partial charge is 0.362 e. The maximum Gasteiger partial charge on any atom is 0.191 e. The van der Waals surface area contributed by atoms with Crippen molar-refractivity contribution in [3.63, 3.8) is 0 Å². The predicted octanol–water partition coefficient (Wildman–Crippen LogP) is 4.34. The Hall–Kier alpha value is -1.60. The average Bonchev–Trinajstić information content (AvgIpc) is 3.29. The molecule has 2 N–H and O–H groups in total. The van der Waals surface area contributed by atoms with Gasteiger partial charge < -0.3 is 15.2 Å². The van der Waals surface area contributed by atoms with Crippen LogP contribution in [0.1, 0.15) is 49.5 Å². The van der Waals surface area contributed by atoms with Gasteiger partial charge in [0.1, 0.15) is 5.82 Å². The Labute approximate surface area is 165 Å². The van der Waals surface area contributed by atoms with Gasteiger partial charge in [0.2, 0.25) is 0 Å². The van der Waals surface area contributed by atoms with E-state index in [1.807, 2.05) is 12.1 Å². The third-order valence-corrected chi connectivity index (χ3v) is 5.67. The number of anilines is 1. The van der Waals surface area contributed by atoms with E-state index < -0.39 is 0 Å². The first-order valence-corrected chi connectivity index (χ1v) is 10.9. The molecular formula is C19H27N5S2. The number of thioether (sulfide) groups is 1. The van der Waals surface area contributed by atoms with Gasteiger partial charge >= 0.3 is 0 Å². The lowest BCUT2D eigenvalue weighted by atomic mass is 10.2. The van der Waals surface area contributed by atoms with Crippen LogP contribution in [0.15, 0.2) is 29.4 Å². The van der Waals surface area contributed by atoms with Crippen molar-refractivity contribution in [1.29, 1.82) is 0 Å². The van der Waals surface area contributed by atoms with E-state index in [1.54, 1.807) is 11.8 Å². The lowest BCUT2D eigenvalue weighted by Gasteiger charge is -2.16. The van der Waals surface area contributed by atoms with E-state index in [0.717, 1.165) is 36.1 Å². The third-order valence-electron chi connectivity index (χ3n) is 4.78. The molecule has 0 radical (unpaired) electrons. The number of nitrogens with one attached hydrogen (secondary N) is 2. The van der Waals surface area contributed by atoms with E-state index in [-0.39, 0.29) is 0 Å². The zero-order chi connectivity index (χ0) is 18.4. The first kappa shape index (κ1) is 19.2. The quantitative estimate of drug-likeness (QED) is 0.417. The number of hydrogen-bond donors (Lipinski definition) is 2. The van der Waals surface area contributed by atoms with Crippen LogP contribution in [0.2, 0.25) is 0 Å². The van der Waals surface area contributed by atoms with Gasteiger partial charge in [-0.15, -0.1) is 10.2 Å². The number of hydrogen-bond acceptors (Lipinski definition) is 4. The van der Waals surface area contributed by atoms with Gasteiger partial charge in [-0.2, -0.15) is 0 Å². The molecule has 0 atom stereocenters. The molecule has 1 fully saturated rings. The second kappa shape index (κ2) is 9.37. The van der Waals surface area contributed by atoms with Gasteiger partial charge in [0.25, 0.3) is 0 Å². The standard InChI is InChI=1S/C19H27N5S2/c1-14-9-11-15(12-10-14)21-18(25)20-13-5-8-17-22-23-19(26-2)24(17)16-6-3-4-7-16/h9-12,16H,3-8,13H2,1-2H3,(H2,20,21,25). The fourth-order valence-electron chi connectivity index (χ4n) is 3.41. The summed E-state index contributed by atoms with van der Waals surface area (Å²) in [4.78, 5) is 0. The van der Waals surface area contributed by atoms with Crippen molar-refractivity contribution in [2.75, 3.05) is 18.1 Å². The smallest absolute Gasteiger partial charge is 0.191 e. The Balaban J connectivity index is 1.47. The van der Waals surface area contributed by atoms with E-state index in [2.05, 4.69) is 50.7 Å². The Bertz CT molecular complexity index is 720. The molecule has 7 heteroatoms. The van der Waals surface area contributed by atoms with Gasteiger partial charge in [-0.25, -0.2) is 0 Å². The number of aryl methyl sites for hydroxylation is 2. The molecule has 0 bridgehead atoms. The number of thiocarbonyl (C=S) groups is 1. The number of rotatable bonds is 7. The second-order valence-corrected chi connectivity index (χ2v) is 7.94. The van der Waals surface area contributed by atoms with Crippen LogP contribution >= 0.6 is 24.0 Å². The topological polar surface area (TPSA) is 54.8 Å². The molecule has 140 valence electrons. The van der Waals surface area contributed by atoms with Crippen LogP contribution in [0, 0.1) is 6.92 Å². The van der Waals surface area contributed by atoms with Crippen molar-refractivity contribution in [2.24, 2.45) is 0 Å². The van der Waals surface area contributed by atoms with Crippen molar-refractivity contribution in [3.8, 4) is 0 Å². The summed E-state index contributed by atoms with van der Waals surface area (Å²) in [5.41, 5.74) is 2.25. The summed E-state index contributed by atoms with van der Waals surface area (Å²) in [5.74, 6) is 1.11. The fraction of sp³-hybridized carbons (Fsp3) is 0.526. The number of nitrogens with zero attached hydrogens (tertiary/aromatic N) is 3. The highest BCUT2D eigenvalue weighted by molar-refractivity contribution is 7.98. The van der Waals surface area contributed by atoms with Crippen LogP contribution in [0.3, 0.4) is 0 Å². The molecule has 0 spiro atoms. The SMILES string of the molecule is CSc1nnc(CCCNC(=S)Nc2ccc(C)cc2)n1C1CCCC1. The minimum atomic E-state index is 0.583. The molecule has 0 saturated heterocycles. The molecule has 1 aromatic heterocycles. The maximum atomic E-state index is 5.38. The Kier molecular flexibility index (Phi) is 6.91. The summed E-state index contributed by atoms with van der Waals surface area (Å²) >= 11 is 7.07. The van der Waals surface area contributed by atoms with Crippen molar-refractivity contribution >= 4 is 34.8 Å². The van der Waals surface area contributed by atoms with Crippen LogP contribution in [0.4, 0.5) is 5.69 Å². The van der Waals surface area contributed by atoms with Crippen molar-refractivity contribution in [3.05, 3.63) is 35.7 Å². The highest BCUT2D eigenvalue weighted by atomic mass is 32.2. The zero-order valence-electron chi connectivity index (χ0n) is 15.5. The highest BCUT2D eigenvalue weighted by Crippen LogP contribution is 2.33. The Morgan fingerprint density at radius 1 is 1.23 bits per heavy atom. The molecule has 0 unspecified atom stereocenters. The van der Waals surface area contributed by atoms with E-state index in [0.29, 0.717) is 11.2 Å². The zero-order valence-corrected chi connectivity index (χ0v) is 17.1.